The van der Waals surface area contributed by atoms with Gasteiger partial charge in [0.1, 0.15) is 6.04 Å². The molecule has 2 atom stereocenters. The van der Waals surface area contributed by atoms with E-state index in [4.69, 9.17) is 5.73 Å². The fraction of sp³-hybridized carbons (Fsp3) is 0.474. The molecule has 0 spiro atoms. The highest BCUT2D eigenvalue weighted by Crippen LogP contribution is 2.26. The van der Waals surface area contributed by atoms with Crippen LogP contribution in [0.4, 0.5) is 0 Å². The van der Waals surface area contributed by atoms with E-state index in [9.17, 15) is 9.59 Å². The number of aryl methyl sites for hydroxylation is 1. The zero-order chi connectivity index (χ0) is 20.0. The largest absolute Gasteiger partial charge is 0.368 e. The topological polar surface area (TPSA) is 103 Å². The average Bonchev–Trinajstić information content (AvgIpc) is 3.06. The van der Waals surface area contributed by atoms with Crippen molar-refractivity contribution < 1.29 is 9.59 Å². The number of carbonyl (C=O) groups is 2. The molecule has 2 amide bonds. The van der Waals surface area contributed by atoms with Crippen molar-refractivity contribution in [3.8, 4) is 11.4 Å². The molecule has 3 N–H and O–H groups in total. The van der Waals surface area contributed by atoms with Crippen LogP contribution in [0.3, 0.4) is 0 Å². The summed E-state index contributed by atoms with van der Waals surface area (Å²) in [7, 11) is 0. The fourth-order valence-electron chi connectivity index (χ4n) is 2.78. The number of nitrogens with two attached hydrogens (primary N) is 1. The van der Waals surface area contributed by atoms with Gasteiger partial charge in [-0.2, -0.15) is 0 Å². The van der Waals surface area contributed by atoms with E-state index in [1.807, 2.05) is 56.5 Å². The van der Waals surface area contributed by atoms with Crippen LogP contribution in [-0.4, -0.2) is 38.4 Å². The summed E-state index contributed by atoms with van der Waals surface area (Å²) in [5, 5.41) is 12.0. The number of hydrogen-bond acceptors (Lipinski definition) is 5. The summed E-state index contributed by atoms with van der Waals surface area (Å²) in [6, 6.07) is 7.34. The number of rotatable bonds is 9. The molecule has 0 aliphatic rings. The van der Waals surface area contributed by atoms with Gasteiger partial charge in [-0.1, -0.05) is 56.3 Å². The van der Waals surface area contributed by atoms with E-state index in [-0.39, 0.29) is 17.6 Å². The Morgan fingerprint density at radius 3 is 2.56 bits per heavy atom. The van der Waals surface area contributed by atoms with Gasteiger partial charge in [0.25, 0.3) is 0 Å². The zero-order valence-electron chi connectivity index (χ0n) is 16.2. The van der Waals surface area contributed by atoms with Crippen molar-refractivity contribution in [1.82, 2.24) is 20.1 Å². The van der Waals surface area contributed by atoms with Crippen molar-refractivity contribution in [3.63, 3.8) is 0 Å². The lowest BCUT2D eigenvalue weighted by atomic mass is 9.99. The van der Waals surface area contributed by atoms with Crippen molar-refractivity contribution in [2.45, 2.75) is 51.9 Å². The minimum atomic E-state index is -0.658. The Labute approximate surface area is 164 Å². The highest BCUT2D eigenvalue weighted by Gasteiger charge is 2.24. The van der Waals surface area contributed by atoms with Gasteiger partial charge in [0, 0.05) is 12.1 Å². The smallest absolute Gasteiger partial charge is 0.240 e. The van der Waals surface area contributed by atoms with E-state index in [2.05, 4.69) is 15.5 Å². The molecule has 0 fully saturated rings. The third kappa shape index (κ3) is 5.09. The van der Waals surface area contributed by atoms with Crippen LogP contribution < -0.4 is 11.1 Å². The summed E-state index contributed by atoms with van der Waals surface area (Å²) >= 11 is 1.30. The number of aromatic nitrogens is 3. The van der Waals surface area contributed by atoms with Crippen LogP contribution in [0.1, 0.15) is 32.8 Å². The molecule has 8 heteroatoms. The third-order valence-electron chi connectivity index (χ3n) is 4.59. The van der Waals surface area contributed by atoms with Gasteiger partial charge >= 0.3 is 0 Å². The first-order chi connectivity index (χ1) is 12.9. The van der Waals surface area contributed by atoms with Gasteiger partial charge in [0.15, 0.2) is 11.0 Å². The van der Waals surface area contributed by atoms with Gasteiger partial charge in [-0.25, -0.2) is 0 Å². The Hall–Kier alpha value is -2.35. The molecule has 7 nitrogen and oxygen atoms in total. The molecule has 2 rings (SSSR count). The number of amides is 2. The summed E-state index contributed by atoms with van der Waals surface area (Å²) in [5.41, 5.74) is 7.55. The van der Waals surface area contributed by atoms with E-state index in [1.165, 1.54) is 11.8 Å². The number of nitrogens with one attached hydrogen (secondary N) is 1. The Morgan fingerprint density at radius 2 is 1.96 bits per heavy atom. The van der Waals surface area contributed by atoms with Crippen LogP contribution in [0.25, 0.3) is 11.4 Å². The highest BCUT2D eigenvalue weighted by molar-refractivity contribution is 7.99. The van der Waals surface area contributed by atoms with E-state index in [0.717, 1.165) is 23.4 Å². The summed E-state index contributed by atoms with van der Waals surface area (Å²) in [4.78, 5) is 23.9. The number of benzene rings is 1. The predicted molar refractivity (Wildman–Crippen MR) is 107 cm³/mol. The molecular formula is C19H27N5O2S. The summed E-state index contributed by atoms with van der Waals surface area (Å²) < 4.78 is 1.99. The fourth-order valence-corrected chi connectivity index (χ4v) is 3.59. The minimum Gasteiger partial charge on any atom is -0.368 e. The molecule has 1 heterocycles. The second kappa shape index (κ2) is 9.55. The average molecular weight is 390 g/mol. The molecule has 0 aliphatic heterocycles. The summed E-state index contributed by atoms with van der Waals surface area (Å²) in [5.74, 6) is 0.163. The zero-order valence-corrected chi connectivity index (χ0v) is 17.0. The van der Waals surface area contributed by atoms with Crippen molar-refractivity contribution in [2.24, 2.45) is 11.7 Å². The van der Waals surface area contributed by atoms with Crippen molar-refractivity contribution in [2.75, 3.05) is 5.75 Å². The van der Waals surface area contributed by atoms with E-state index < -0.39 is 11.9 Å². The SMILES string of the molecule is CCC(C)C(NC(=O)CSc1nnc(-c2ccccc2C)n1CC)C(N)=O. The van der Waals surface area contributed by atoms with Gasteiger partial charge in [-0.3, -0.25) is 9.59 Å². The molecule has 0 saturated heterocycles. The maximum atomic E-state index is 12.3. The quantitative estimate of drug-likeness (QED) is 0.641. The standard InChI is InChI=1S/C19H27N5O2S/c1-5-12(3)16(17(20)26)21-15(25)11-27-19-23-22-18(24(19)6-2)14-10-8-7-9-13(14)4/h7-10,12,16H,5-6,11H2,1-4H3,(H2,20,26)(H,21,25). The molecule has 0 saturated carbocycles. The Kier molecular flexibility index (Phi) is 7.41. The molecule has 2 unspecified atom stereocenters. The Morgan fingerprint density at radius 1 is 1.26 bits per heavy atom. The molecular weight excluding hydrogens is 362 g/mol. The number of thioether (sulfide) groups is 1. The maximum absolute atomic E-state index is 12.3. The first kappa shape index (κ1) is 21.0. The molecule has 2 aromatic rings. The molecule has 0 aliphatic carbocycles. The second-order valence-corrected chi connectivity index (χ2v) is 7.43. The number of hydrogen-bond donors (Lipinski definition) is 2. The maximum Gasteiger partial charge on any atom is 0.240 e. The van der Waals surface area contributed by atoms with Gasteiger partial charge in [0.05, 0.1) is 5.75 Å². The molecule has 0 bridgehead atoms. The van der Waals surface area contributed by atoms with Gasteiger partial charge in [-0.05, 0) is 25.3 Å². The van der Waals surface area contributed by atoms with E-state index >= 15 is 0 Å². The van der Waals surface area contributed by atoms with Gasteiger partial charge < -0.3 is 15.6 Å². The lowest BCUT2D eigenvalue weighted by Gasteiger charge is -2.20. The normalized spacial score (nSPS) is 13.2. The number of carbonyl (C=O) groups excluding carboxylic acids is 2. The second-order valence-electron chi connectivity index (χ2n) is 6.49. The van der Waals surface area contributed by atoms with Crippen LogP contribution >= 0.6 is 11.8 Å². The highest BCUT2D eigenvalue weighted by atomic mass is 32.2. The number of primary amides is 1. The third-order valence-corrected chi connectivity index (χ3v) is 5.55. The molecule has 0 radical (unpaired) electrons. The van der Waals surface area contributed by atoms with Crippen LogP contribution in [0.15, 0.2) is 29.4 Å². The molecule has 27 heavy (non-hydrogen) atoms. The molecule has 146 valence electrons. The van der Waals surface area contributed by atoms with Gasteiger partial charge in [0.2, 0.25) is 11.8 Å². The molecule has 1 aromatic carbocycles. The Balaban J connectivity index is 2.09. The first-order valence-electron chi connectivity index (χ1n) is 9.09. The minimum absolute atomic E-state index is 0.0107. The van der Waals surface area contributed by atoms with E-state index in [0.29, 0.717) is 11.7 Å². The summed E-state index contributed by atoms with van der Waals surface area (Å²) in [6.45, 7) is 8.59. The van der Waals surface area contributed by atoms with Crippen LogP contribution in [0, 0.1) is 12.8 Å². The van der Waals surface area contributed by atoms with Crippen LogP contribution in [-0.2, 0) is 16.1 Å². The van der Waals surface area contributed by atoms with Crippen molar-refractivity contribution >= 4 is 23.6 Å². The van der Waals surface area contributed by atoms with E-state index in [1.54, 1.807) is 0 Å². The molecule has 1 aromatic heterocycles. The Bertz CT molecular complexity index is 805. The van der Waals surface area contributed by atoms with Crippen LogP contribution in [0.2, 0.25) is 0 Å². The monoisotopic (exact) mass is 389 g/mol. The predicted octanol–water partition coefficient (Wildman–Crippen LogP) is 2.38. The lowest BCUT2D eigenvalue weighted by Crippen LogP contribution is -2.48. The summed E-state index contributed by atoms with van der Waals surface area (Å²) in [6.07, 6.45) is 0.755. The van der Waals surface area contributed by atoms with Crippen molar-refractivity contribution in [3.05, 3.63) is 29.8 Å². The van der Waals surface area contributed by atoms with Crippen molar-refractivity contribution in [1.29, 1.82) is 0 Å². The lowest BCUT2D eigenvalue weighted by molar-refractivity contribution is -0.127. The van der Waals surface area contributed by atoms with Crippen LogP contribution in [0.5, 0.6) is 0 Å². The first-order valence-corrected chi connectivity index (χ1v) is 10.1. The van der Waals surface area contributed by atoms with Gasteiger partial charge in [-0.15, -0.1) is 10.2 Å². The number of nitrogens with zero attached hydrogens (tertiary/aromatic N) is 3.